The molecule has 7 heteroatoms. The number of benzene rings is 2. The van der Waals surface area contributed by atoms with Crippen LogP contribution in [0.2, 0.25) is 0 Å². The molecule has 0 spiro atoms. The van der Waals surface area contributed by atoms with Crippen molar-refractivity contribution in [3.63, 3.8) is 0 Å². The van der Waals surface area contributed by atoms with Gasteiger partial charge in [0.25, 0.3) is 0 Å². The van der Waals surface area contributed by atoms with Crippen molar-refractivity contribution in [1.29, 1.82) is 0 Å². The number of aromatic hydroxyl groups is 1. The molecule has 0 saturated carbocycles. The van der Waals surface area contributed by atoms with Gasteiger partial charge in [-0.1, -0.05) is 12.2 Å². The van der Waals surface area contributed by atoms with Crippen molar-refractivity contribution in [3.8, 4) is 39.1 Å². The van der Waals surface area contributed by atoms with Gasteiger partial charge >= 0.3 is 5.97 Å². The lowest BCUT2D eigenvalue weighted by Gasteiger charge is -2.11. The number of carboxylic acids is 1. The molecule has 0 fully saturated rings. The van der Waals surface area contributed by atoms with Crippen LogP contribution in [-0.2, 0) is 0 Å². The summed E-state index contributed by atoms with van der Waals surface area (Å²) in [6.07, 6.45) is 3.41. The van der Waals surface area contributed by atoms with Gasteiger partial charge in [-0.05, 0) is 51.1 Å². The molecule has 0 unspecified atom stereocenters. The Bertz CT molecular complexity index is 1090. The molecular formula is C23H23NO5S. The molecule has 0 amide bonds. The molecular weight excluding hydrogens is 402 g/mol. The predicted octanol–water partition coefficient (Wildman–Crippen LogP) is 5.71. The van der Waals surface area contributed by atoms with Crippen LogP contribution in [0.15, 0.2) is 41.8 Å². The maximum absolute atomic E-state index is 11.5. The number of phenols is 1. The standard InChI is InChI=1S/C23H23NO5S/c1-4-7-14-10-16(11-17(21(14)25)23(26)27)18-13-30-22(24-18)15-8-9-19(28-5-2)20(12-15)29-6-3/h4,7-13,25H,5-6H2,1-3H3,(H,26,27). The summed E-state index contributed by atoms with van der Waals surface area (Å²) in [5.74, 6) is -0.113. The number of hydrogen-bond acceptors (Lipinski definition) is 6. The molecule has 1 aromatic heterocycles. The fourth-order valence-electron chi connectivity index (χ4n) is 3.00. The molecule has 0 aliphatic heterocycles. The Morgan fingerprint density at radius 2 is 1.83 bits per heavy atom. The summed E-state index contributed by atoms with van der Waals surface area (Å²) < 4.78 is 11.3. The maximum atomic E-state index is 11.5. The van der Waals surface area contributed by atoms with Crippen LogP contribution in [0.25, 0.3) is 27.9 Å². The third kappa shape index (κ3) is 4.46. The Morgan fingerprint density at radius 3 is 2.50 bits per heavy atom. The first kappa shape index (κ1) is 21.4. The molecule has 0 aliphatic carbocycles. The number of ether oxygens (including phenoxy) is 2. The summed E-state index contributed by atoms with van der Waals surface area (Å²) in [4.78, 5) is 16.2. The van der Waals surface area contributed by atoms with Crippen LogP contribution in [0.3, 0.4) is 0 Å². The summed E-state index contributed by atoms with van der Waals surface area (Å²) in [5.41, 5.74) is 2.41. The minimum atomic E-state index is -1.19. The first-order valence-corrected chi connectivity index (χ1v) is 10.4. The third-order valence-corrected chi connectivity index (χ3v) is 5.20. The maximum Gasteiger partial charge on any atom is 0.339 e. The van der Waals surface area contributed by atoms with Crippen molar-refractivity contribution in [2.75, 3.05) is 13.2 Å². The second-order valence-corrected chi connectivity index (χ2v) is 7.19. The van der Waals surface area contributed by atoms with Crippen LogP contribution in [-0.4, -0.2) is 34.4 Å². The van der Waals surface area contributed by atoms with E-state index in [0.29, 0.717) is 41.5 Å². The van der Waals surface area contributed by atoms with Gasteiger partial charge < -0.3 is 19.7 Å². The number of thiazole rings is 1. The number of nitrogens with zero attached hydrogens (tertiary/aromatic N) is 1. The molecule has 0 bridgehead atoms. The average molecular weight is 426 g/mol. The van der Waals surface area contributed by atoms with E-state index in [2.05, 4.69) is 4.98 Å². The van der Waals surface area contributed by atoms with Crippen molar-refractivity contribution < 1.29 is 24.5 Å². The summed E-state index contributed by atoms with van der Waals surface area (Å²) in [5, 5.41) is 22.3. The average Bonchev–Trinajstić information content (AvgIpc) is 3.21. The lowest BCUT2D eigenvalue weighted by atomic mass is 10.0. The summed E-state index contributed by atoms with van der Waals surface area (Å²) >= 11 is 1.45. The Morgan fingerprint density at radius 1 is 1.10 bits per heavy atom. The number of carboxylic acid groups (broad SMARTS) is 1. The molecule has 2 N–H and O–H groups in total. The molecule has 0 radical (unpaired) electrons. The minimum absolute atomic E-state index is 0.158. The fraction of sp³-hybridized carbons (Fsp3) is 0.217. The number of allylic oxidation sites excluding steroid dienone is 1. The van der Waals surface area contributed by atoms with Crippen LogP contribution in [0.1, 0.15) is 36.7 Å². The molecule has 1 heterocycles. The van der Waals surface area contributed by atoms with E-state index < -0.39 is 5.97 Å². The van der Waals surface area contributed by atoms with Gasteiger partial charge in [0.2, 0.25) is 0 Å². The quantitative estimate of drug-likeness (QED) is 0.480. The lowest BCUT2D eigenvalue weighted by Crippen LogP contribution is -1.99. The van der Waals surface area contributed by atoms with Gasteiger partial charge in [-0.3, -0.25) is 0 Å². The van der Waals surface area contributed by atoms with E-state index in [1.54, 1.807) is 25.1 Å². The highest BCUT2D eigenvalue weighted by Crippen LogP contribution is 2.37. The van der Waals surface area contributed by atoms with Gasteiger partial charge in [0.1, 0.15) is 16.3 Å². The highest BCUT2D eigenvalue weighted by molar-refractivity contribution is 7.13. The molecule has 156 valence electrons. The zero-order valence-electron chi connectivity index (χ0n) is 17.0. The van der Waals surface area contributed by atoms with Gasteiger partial charge in [-0.2, -0.15) is 0 Å². The first-order valence-electron chi connectivity index (χ1n) is 9.57. The molecule has 6 nitrogen and oxygen atoms in total. The van der Waals surface area contributed by atoms with Crippen molar-refractivity contribution in [3.05, 3.63) is 52.9 Å². The van der Waals surface area contributed by atoms with E-state index in [1.165, 1.54) is 17.4 Å². The number of rotatable bonds is 8. The Hall–Kier alpha value is -3.32. The Balaban J connectivity index is 2.03. The second-order valence-electron chi connectivity index (χ2n) is 6.33. The highest BCUT2D eigenvalue weighted by Gasteiger charge is 2.17. The van der Waals surface area contributed by atoms with Crippen LogP contribution in [0, 0.1) is 0 Å². The van der Waals surface area contributed by atoms with E-state index in [4.69, 9.17) is 9.47 Å². The molecule has 0 saturated heterocycles. The monoisotopic (exact) mass is 425 g/mol. The zero-order chi connectivity index (χ0) is 21.7. The second kappa shape index (κ2) is 9.45. The fourth-order valence-corrected chi connectivity index (χ4v) is 3.82. The minimum Gasteiger partial charge on any atom is -0.506 e. The van der Waals surface area contributed by atoms with Gasteiger partial charge in [-0.15, -0.1) is 11.3 Å². The highest BCUT2D eigenvalue weighted by atomic mass is 32.1. The topological polar surface area (TPSA) is 88.9 Å². The SMILES string of the molecule is CC=Cc1cc(-c2csc(-c3ccc(OCC)c(OCC)c3)n2)cc(C(=O)O)c1O. The molecule has 0 aliphatic rings. The summed E-state index contributed by atoms with van der Waals surface area (Å²) in [7, 11) is 0. The molecule has 3 rings (SSSR count). The normalized spacial score (nSPS) is 11.0. The smallest absolute Gasteiger partial charge is 0.339 e. The van der Waals surface area contributed by atoms with Crippen LogP contribution in [0.5, 0.6) is 17.2 Å². The van der Waals surface area contributed by atoms with Gasteiger partial charge in [0.05, 0.1) is 18.9 Å². The van der Waals surface area contributed by atoms with E-state index in [1.807, 2.05) is 37.4 Å². The van der Waals surface area contributed by atoms with Crippen molar-refractivity contribution in [1.82, 2.24) is 4.98 Å². The van der Waals surface area contributed by atoms with E-state index in [-0.39, 0.29) is 11.3 Å². The number of aromatic carboxylic acids is 1. The Labute approximate surface area is 179 Å². The Kier molecular flexibility index (Phi) is 6.74. The van der Waals surface area contributed by atoms with E-state index in [0.717, 1.165) is 10.6 Å². The van der Waals surface area contributed by atoms with Gasteiger partial charge in [0.15, 0.2) is 11.5 Å². The van der Waals surface area contributed by atoms with Crippen molar-refractivity contribution in [2.24, 2.45) is 0 Å². The van der Waals surface area contributed by atoms with Crippen LogP contribution >= 0.6 is 11.3 Å². The number of aromatic nitrogens is 1. The van der Waals surface area contributed by atoms with E-state index >= 15 is 0 Å². The van der Waals surface area contributed by atoms with Gasteiger partial charge in [0, 0.05) is 22.1 Å². The first-order chi connectivity index (χ1) is 14.5. The van der Waals surface area contributed by atoms with Crippen molar-refractivity contribution in [2.45, 2.75) is 20.8 Å². The lowest BCUT2D eigenvalue weighted by molar-refractivity contribution is 0.0693. The summed E-state index contributed by atoms with van der Waals surface area (Å²) in [6.45, 7) is 6.70. The molecule has 0 atom stereocenters. The molecule has 2 aromatic carbocycles. The summed E-state index contributed by atoms with van der Waals surface area (Å²) in [6, 6.07) is 8.83. The van der Waals surface area contributed by atoms with Crippen molar-refractivity contribution >= 4 is 23.4 Å². The predicted molar refractivity (Wildman–Crippen MR) is 119 cm³/mol. The van der Waals surface area contributed by atoms with E-state index in [9.17, 15) is 15.0 Å². The molecule has 30 heavy (non-hydrogen) atoms. The molecule has 3 aromatic rings. The van der Waals surface area contributed by atoms with Crippen LogP contribution in [0.4, 0.5) is 0 Å². The van der Waals surface area contributed by atoms with Crippen LogP contribution < -0.4 is 9.47 Å². The largest absolute Gasteiger partial charge is 0.506 e. The third-order valence-electron chi connectivity index (χ3n) is 4.31. The van der Waals surface area contributed by atoms with Gasteiger partial charge in [-0.25, -0.2) is 9.78 Å². The zero-order valence-corrected chi connectivity index (χ0v) is 17.8. The number of carbonyl (C=O) groups is 1. The number of hydrogen-bond donors (Lipinski definition) is 2.